The maximum Gasteiger partial charge on any atom is 0.317 e. The van der Waals surface area contributed by atoms with Crippen LogP contribution in [0, 0.1) is 6.92 Å². The average molecular weight is 333 g/mol. The van der Waals surface area contributed by atoms with Crippen LogP contribution >= 0.6 is 0 Å². The van der Waals surface area contributed by atoms with Crippen LogP contribution in [0.3, 0.4) is 0 Å². The van der Waals surface area contributed by atoms with Crippen LogP contribution in [0.1, 0.15) is 37.3 Å². The summed E-state index contributed by atoms with van der Waals surface area (Å²) < 4.78 is 0. The Morgan fingerprint density at radius 1 is 1.42 bits per heavy atom. The Bertz CT molecular complexity index is 525. The minimum absolute atomic E-state index is 0.0345. The lowest BCUT2D eigenvalue weighted by Gasteiger charge is -2.33. The highest BCUT2D eigenvalue weighted by Crippen LogP contribution is 2.15. The van der Waals surface area contributed by atoms with E-state index in [-0.39, 0.29) is 18.2 Å². The molecule has 2 N–H and O–H groups in total. The van der Waals surface area contributed by atoms with Gasteiger partial charge in [0.15, 0.2) is 0 Å². The zero-order chi connectivity index (χ0) is 17.5. The number of nitrogens with zero attached hydrogens (tertiary/aromatic N) is 2. The number of benzene rings is 1. The van der Waals surface area contributed by atoms with Crippen LogP contribution < -0.4 is 5.32 Å². The first-order valence-electron chi connectivity index (χ1n) is 8.91. The third-order valence-electron chi connectivity index (χ3n) is 4.63. The molecule has 1 aromatic carbocycles. The van der Waals surface area contributed by atoms with E-state index in [1.807, 2.05) is 0 Å². The number of carbonyl (C=O) groups excluding carboxylic acids is 1. The molecule has 0 bridgehead atoms. The molecule has 1 fully saturated rings. The van der Waals surface area contributed by atoms with E-state index in [1.54, 1.807) is 18.9 Å². The maximum absolute atomic E-state index is 12.2. The molecule has 0 aliphatic carbocycles. The number of nitrogens with one attached hydrogen (secondary N) is 1. The largest absolute Gasteiger partial charge is 0.393 e. The second kappa shape index (κ2) is 9.04. The Morgan fingerprint density at radius 3 is 2.75 bits per heavy atom. The van der Waals surface area contributed by atoms with Crippen molar-refractivity contribution < 1.29 is 9.90 Å². The molecule has 1 aromatic rings. The van der Waals surface area contributed by atoms with Gasteiger partial charge in [0.1, 0.15) is 0 Å². The van der Waals surface area contributed by atoms with E-state index >= 15 is 0 Å². The van der Waals surface area contributed by atoms with Crippen LogP contribution in [0.2, 0.25) is 0 Å². The molecule has 1 unspecified atom stereocenters. The summed E-state index contributed by atoms with van der Waals surface area (Å²) in [7, 11) is 1.78. The van der Waals surface area contributed by atoms with Crippen LogP contribution in [0.25, 0.3) is 0 Å². The van der Waals surface area contributed by atoms with Gasteiger partial charge in [-0.05, 0) is 38.7 Å². The fourth-order valence-electron chi connectivity index (χ4n) is 3.07. The lowest BCUT2D eigenvalue weighted by Crippen LogP contribution is -2.48. The predicted octanol–water partition coefficient (Wildman–Crippen LogP) is 2.37. The van der Waals surface area contributed by atoms with Gasteiger partial charge in [-0.25, -0.2) is 4.79 Å². The summed E-state index contributed by atoms with van der Waals surface area (Å²) in [5, 5.41) is 12.4. The smallest absolute Gasteiger partial charge is 0.317 e. The Hall–Kier alpha value is -1.59. The summed E-state index contributed by atoms with van der Waals surface area (Å²) in [6, 6.07) is 8.87. The van der Waals surface area contributed by atoms with Gasteiger partial charge < -0.3 is 15.3 Å². The number of aryl methyl sites for hydroxylation is 1. The molecule has 1 aliphatic rings. The summed E-state index contributed by atoms with van der Waals surface area (Å²) in [6.07, 6.45) is 2.22. The van der Waals surface area contributed by atoms with Crippen molar-refractivity contribution in [2.75, 3.05) is 26.7 Å². The number of aliphatic hydroxyl groups excluding tert-OH is 1. The predicted molar refractivity (Wildman–Crippen MR) is 96.9 cm³/mol. The van der Waals surface area contributed by atoms with Crippen LogP contribution in [0.15, 0.2) is 24.3 Å². The monoisotopic (exact) mass is 333 g/mol. The summed E-state index contributed by atoms with van der Waals surface area (Å²) in [5.74, 6) is 0. The molecule has 134 valence electrons. The van der Waals surface area contributed by atoms with Gasteiger partial charge in [-0.2, -0.15) is 0 Å². The Balaban J connectivity index is 1.71. The van der Waals surface area contributed by atoms with Crippen molar-refractivity contribution in [3.8, 4) is 0 Å². The summed E-state index contributed by atoms with van der Waals surface area (Å²) >= 11 is 0. The summed E-state index contributed by atoms with van der Waals surface area (Å²) in [5.41, 5.74) is 2.66. The topological polar surface area (TPSA) is 55.8 Å². The third-order valence-corrected chi connectivity index (χ3v) is 4.63. The zero-order valence-electron chi connectivity index (χ0n) is 15.2. The fourth-order valence-corrected chi connectivity index (χ4v) is 3.07. The van der Waals surface area contributed by atoms with E-state index in [0.29, 0.717) is 13.0 Å². The van der Waals surface area contributed by atoms with Crippen molar-refractivity contribution in [2.45, 2.75) is 51.8 Å². The molecule has 0 radical (unpaired) electrons. The van der Waals surface area contributed by atoms with E-state index in [9.17, 15) is 9.90 Å². The molecule has 0 saturated carbocycles. The summed E-state index contributed by atoms with van der Waals surface area (Å²) in [4.78, 5) is 16.3. The number of amides is 2. The van der Waals surface area contributed by atoms with Gasteiger partial charge in [0, 0.05) is 39.3 Å². The van der Waals surface area contributed by atoms with Gasteiger partial charge in [-0.3, -0.25) is 4.90 Å². The molecule has 2 amide bonds. The molecule has 1 saturated heterocycles. The van der Waals surface area contributed by atoms with Crippen molar-refractivity contribution in [1.82, 2.24) is 15.1 Å². The van der Waals surface area contributed by atoms with E-state index in [4.69, 9.17) is 0 Å². The van der Waals surface area contributed by atoms with Gasteiger partial charge in [0.2, 0.25) is 0 Å². The SMILES string of the molecule is Cc1cccc(CN2CCC(NC(=O)N(C)CCC(C)O)CC2)c1. The number of likely N-dealkylation sites (tertiary alicyclic amines) is 1. The summed E-state index contributed by atoms with van der Waals surface area (Å²) in [6.45, 7) is 7.45. The number of urea groups is 1. The third kappa shape index (κ3) is 6.13. The number of aliphatic hydroxyl groups is 1. The number of hydrogen-bond donors (Lipinski definition) is 2. The molecule has 0 aromatic heterocycles. The standard InChI is InChI=1S/C19H31N3O2/c1-15-5-4-6-17(13-15)14-22-11-8-18(9-12-22)20-19(24)21(3)10-7-16(2)23/h4-6,13,16,18,23H,7-12,14H2,1-3H3,(H,20,24). The number of carbonyl (C=O) groups is 1. The van der Waals surface area contributed by atoms with Crippen molar-refractivity contribution in [2.24, 2.45) is 0 Å². The molecule has 5 nitrogen and oxygen atoms in total. The number of hydrogen-bond acceptors (Lipinski definition) is 3. The van der Waals surface area contributed by atoms with E-state index in [1.165, 1.54) is 11.1 Å². The first-order valence-corrected chi connectivity index (χ1v) is 8.91. The molecule has 2 rings (SSSR count). The lowest BCUT2D eigenvalue weighted by molar-refractivity contribution is 0.155. The van der Waals surface area contributed by atoms with Gasteiger partial charge in [-0.15, -0.1) is 0 Å². The van der Waals surface area contributed by atoms with Gasteiger partial charge in [0.25, 0.3) is 0 Å². The highest BCUT2D eigenvalue weighted by molar-refractivity contribution is 5.74. The van der Waals surface area contributed by atoms with Crippen LogP contribution in [0.5, 0.6) is 0 Å². The highest BCUT2D eigenvalue weighted by Gasteiger charge is 2.22. The van der Waals surface area contributed by atoms with Crippen molar-refractivity contribution in [1.29, 1.82) is 0 Å². The van der Waals surface area contributed by atoms with Crippen molar-refractivity contribution >= 4 is 6.03 Å². The Morgan fingerprint density at radius 2 is 2.12 bits per heavy atom. The van der Waals surface area contributed by atoms with Crippen LogP contribution in [0.4, 0.5) is 4.79 Å². The molecule has 1 atom stereocenters. The molecule has 0 spiro atoms. The normalized spacial score (nSPS) is 17.5. The van der Waals surface area contributed by atoms with E-state index in [2.05, 4.69) is 41.4 Å². The molecule has 1 heterocycles. The van der Waals surface area contributed by atoms with Crippen LogP contribution in [-0.2, 0) is 6.54 Å². The molecule has 5 heteroatoms. The molecule has 1 aliphatic heterocycles. The van der Waals surface area contributed by atoms with Crippen LogP contribution in [-0.4, -0.2) is 59.8 Å². The number of piperidine rings is 1. The second-order valence-corrected chi connectivity index (χ2v) is 7.05. The van der Waals surface area contributed by atoms with E-state index in [0.717, 1.165) is 32.5 Å². The van der Waals surface area contributed by atoms with Crippen molar-refractivity contribution in [3.05, 3.63) is 35.4 Å². The molecular weight excluding hydrogens is 302 g/mol. The Kier molecular flexibility index (Phi) is 7.06. The average Bonchev–Trinajstić information content (AvgIpc) is 2.54. The first-order chi connectivity index (χ1) is 11.4. The quantitative estimate of drug-likeness (QED) is 0.840. The second-order valence-electron chi connectivity index (χ2n) is 7.05. The highest BCUT2D eigenvalue weighted by atomic mass is 16.3. The lowest BCUT2D eigenvalue weighted by atomic mass is 10.0. The van der Waals surface area contributed by atoms with Gasteiger partial charge >= 0.3 is 6.03 Å². The molecular formula is C19H31N3O2. The maximum atomic E-state index is 12.2. The van der Waals surface area contributed by atoms with Gasteiger partial charge in [0.05, 0.1) is 6.10 Å². The van der Waals surface area contributed by atoms with E-state index < -0.39 is 0 Å². The Labute approximate surface area is 145 Å². The number of rotatable bonds is 6. The first kappa shape index (κ1) is 18.7. The zero-order valence-corrected chi connectivity index (χ0v) is 15.2. The minimum atomic E-state index is -0.370. The van der Waals surface area contributed by atoms with Gasteiger partial charge in [-0.1, -0.05) is 29.8 Å². The molecule has 24 heavy (non-hydrogen) atoms. The fraction of sp³-hybridized carbons (Fsp3) is 0.632. The minimum Gasteiger partial charge on any atom is -0.393 e. The van der Waals surface area contributed by atoms with Crippen molar-refractivity contribution in [3.63, 3.8) is 0 Å².